The van der Waals surface area contributed by atoms with Gasteiger partial charge >= 0.3 is 0 Å². The summed E-state index contributed by atoms with van der Waals surface area (Å²) in [5.74, 6) is 0.917. The summed E-state index contributed by atoms with van der Waals surface area (Å²) >= 11 is 0. The summed E-state index contributed by atoms with van der Waals surface area (Å²) in [7, 11) is 0. The molecule has 1 aliphatic heterocycles. The molecule has 0 aliphatic carbocycles. The first-order chi connectivity index (χ1) is 12.6. The van der Waals surface area contributed by atoms with E-state index in [4.69, 9.17) is 9.47 Å². The Morgan fingerprint density at radius 2 is 2.19 bits per heavy atom. The summed E-state index contributed by atoms with van der Waals surface area (Å²) in [4.78, 5) is 12.1. The number of halogens is 1. The zero-order chi connectivity index (χ0) is 18.5. The van der Waals surface area contributed by atoms with Gasteiger partial charge in [0.05, 0.1) is 6.61 Å². The van der Waals surface area contributed by atoms with Crippen LogP contribution in [0.4, 0.5) is 4.39 Å². The van der Waals surface area contributed by atoms with E-state index in [0.717, 1.165) is 29.0 Å². The first-order valence-corrected chi connectivity index (χ1v) is 8.72. The third-order valence-corrected chi connectivity index (χ3v) is 4.15. The van der Waals surface area contributed by atoms with Gasteiger partial charge in [-0.3, -0.25) is 4.79 Å². The Bertz CT molecular complexity index is 832. The molecule has 2 aromatic carbocycles. The first-order valence-electron chi connectivity index (χ1n) is 8.72. The second kappa shape index (κ2) is 8.04. The minimum atomic E-state index is -0.333. The molecule has 0 spiro atoms. The molecule has 1 unspecified atom stereocenters. The molecule has 3 rings (SSSR count). The summed E-state index contributed by atoms with van der Waals surface area (Å²) in [6.45, 7) is 4.61. The number of hydrogen-bond acceptors (Lipinski definition) is 3. The van der Waals surface area contributed by atoms with Crippen molar-refractivity contribution in [3.63, 3.8) is 0 Å². The fraction of sp³-hybridized carbons (Fsp3) is 0.286. The molecule has 1 atom stereocenters. The monoisotopic (exact) mass is 355 g/mol. The number of benzene rings is 2. The van der Waals surface area contributed by atoms with E-state index in [1.165, 1.54) is 12.1 Å². The highest BCUT2D eigenvalue weighted by atomic mass is 19.1. The minimum Gasteiger partial charge on any atom is -0.493 e. The van der Waals surface area contributed by atoms with Crippen LogP contribution in [-0.2, 0) is 17.8 Å². The Hall–Kier alpha value is -2.82. The van der Waals surface area contributed by atoms with Gasteiger partial charge in [-0.05, 0) is 38.1 Å². The smallest absolute Gasteiger partial charge is 0.244 e. The topological polar surface area (TPSA) is 47.6 Å². The molecule has 26 heavy (non-hydrogen) atoms. The van der Waals surface area contributed by atoms with Gasteiger partial charge in [0.2, 0.25) is 5.91 Å². The molecule has 1 heterocycles. The van der Waals surface area contributed by atoms with Crippen LogP contribution in [0.15, 0.2) is 42.5 Å². The standard InChI is InChI=1S/C21H22FNO3/c1-3-25-19-12-17-10-14(2)26-20(17)11-15(19)8-9-21(24)23-13-16-6-4-5-7-18(16)22/h4-9,11-12,14H,3,10,13H2,1-2H3,(H,23,24)/b9-8+. The third-order valence-electron chi connectivity index (χ3n) is 4.15. The average molecular weight is 355 g/mol. The molecule has 2 aromatic rings. The van der Waals surface area contributed by atoms with Gasteiger partial charge in [0.25, 0.3) is 0 Å². The number of fused-ring (bicyclic) bond motifs is 1. The van der Waals surface area contributed by atoms with Crippen molar-refractivity contribution in [2.24, 2.45) is 0 Å². The Balaban J connectivity index is 1.70. The van der Waals surface area contributed by atoms with Crippen LogP contribution in [0.5, 0.6) is 11.5 Å². The van der Waals surface area contributed by atoms with E-state index >= 15 is 0 Å². The van der Waals surface area contributed by atoms with Gasteiger partial charge in [-0.15, -0.1) is 0 Å². The fourth-order valence-corrected chi connectivity index (χ4v) is 2.91. The number of rotatable bonds is 6. The van der Waals surface area contributed by atoms with E-state index in [1.807, 2.05) is 26.0 Å². The van der Waals surface area contributed by atoms with E-state index in [-0.39, 0.29) is 24.4 Å². The van der Waals surface area contributed by atoms with Crippen LogP contribution < -0.4 is 14.8 Å². The van der Waals surface area contributed by atoms with Crippen molar-refractivity contribution in [3.8, 4) is 11.5 Å². The molecule has 4 nitrogen and oxygen atoms in total. The summed E-state index contributed by atoms with van der Waals surface area (Å²) in [6, 6.07) is 10.2. The number of carbonyl (C=O) groups excluding carboxylic acids is 1. The van der Waals surface area contributed by atoms with Gasteiger partial charge in [0.15, 0.2) is 0 Å². The van der Waals surface area contributed by atoms with Crippen molar-refractivity contribution in [1.82, 2.24) is 5.32 Å². The SMILES string of the molecule is CCOc1cc2c(cc1/C=C/C(=O)NCc1ccccc1F)OC(C)C2. The summed E-state index contributed by atoms with van der Waals surface area (Å²) in [5.41, 5.74) is 2.34. The lowest BCUT2D eigenvalue weighted by atomic mass is 10.1. The van der Waals surface area contributed by atoms with E-state index < -0.39 is 0 Å². The van der Waals surface area contributed by atoms with Crippen LogP contribution in [0.25, 0.3) is 6.08 Å². The quantitative estimate of drug-likeness (QED) is 0.800. The van der Waals surface area contributed by atoms with Crippen molar-refractivity contribution in [2.75, 3.05) is 6.61 Å². The van der Waals surface area contributed by atoms with Gasteiger partial charge in [0.1, 0.15) is 23.4 Å². The van der Waals surface area contributed by atoms with Crippen molar-refractivity contribution in [1.29, 1.82) is 0 Å². The van der Waals surface area contributed by atoms with E-state index in [9.17, 15) is 9.18 Å². The lowest BCUT2D eigenvalue weighted by Crippen LogP contribution is -2.20. The van der Waals surface area contributed by atoms with E-state index in [1.54, 1.807) is 24.3 Å². The highest BCUT2D eigenvalue weighted by molar-refractivity contribution is 5.92. The van der Waals surface area contributed by atoms with Gasteiger partial charge in [-0.2, -0.15) is 0 Å². The van der Waals surface area contributed by atoms with Crippen molar-refractivity contribution in [3.05, 3.63) is 65.0 Å². The molecular formula is C21H22FNO3. The molecule has 0 saturated heterocycles. The number of nitrogens with one attached hydrogen (secondary N) is 1. The molecule has 0 bridgehead atoms. The normalized spacial score (nSPS) is 15.6. The molecule has 1 aliphatic rings. The van der Waals surface area contributed by atoms with Crippen molar-refractivity contribution < 1.29 is 18.7 Å². The number of hydrogen-bond donors (Lipinski definition) is 1. The highest BCUT2D eigenvalue weighted by Crippen LogP contribution is 2.35. The molecule has 1 N–H and O–H groups in total. The molecule has 0 fully saturated rings. The Kier molecular flexibility index (Phi) is 5.56. The van der Waals surface area contributed by atoms with E-state index in [0.29, 0.717) is 12.2 Å². The second-order valence-corrected chi connectivity index (χ2v) is 6.21. The second-order valence-electron chi connectivity index (χ2n) is 6.21. The van der Waals surface area contributed by atoms with Gasteiger partial charge in [-0.1, -0.05) is 18.2 Å². The van der Waals surface area contributed by atoms with Crippen LogP contribution in [0.1, 0.15) is 30.5 Å². The average Bonchev–Trinajstić information content (AvgIpc) is 2.98. The van der Waals surface area contributed by atoms with Crippen molar-refractivity contribution >= 4 is 12.0 Å². The van der Waals surface area contributed by atoms with Crippen LogP contribution in [0.3, 0.4) is 0 Å². The van der Waals surface area contributed by atoms with Crippen LogP contribution >= 0.6 is 0 Å². The predicted octanol–water partition coefficient (Wildman–Crippen LogP) is 3.88. The Morgan fingerprint density at radius 3 is 2.96 bits per heavy atom. The maximum Gasteiger partial charge on any atom is 0.244 e. The zero-order valence-electron chi connectivity index (χ0n) is 14.9. The maximum atomic E-state index is 13.6. The summed E-state index contributed by atoms with van der Waals surface area (Å²) in [6.07, 6.45) is 4.10. The van der Waals surface area contributed by atoms with Crippen molar-refractivity contribution in [2.45, 2.75) is 32.9 Å². The Labute approximate surface area is 152 Å². The zero-order valence-corrected chi connectivity index (χ0v) is 14.9. The van der Waals surface area contributed by atoms with Gasteiger partial charge < -0.3 is 14.8 Å². The number of ether oxygens (including phenoxy) is 2. The lowest BCUT2D eigenvalue weighted by molar-refractivity contribution is -0.116. The Morgan fingerprint density at radius 1 is 1.38 bits per heavy atom. The third kappa shape index (κ3) is 4.23. The number of amides is 1. The molecule has 1 amide bonds. The van der Waals surface area contributed by atoms with Crippen LogP contribution in [-0.4, -0.2) is 18.6 Å². The highest BCUT2D eigenvalue weighted by Gasteiger charge is 2.21. The molecule has 0 radical (unpaired) electrons. The van der Waals surface area contributed by atoms with Crippen LogP contribution in [0.2, 0.25) is 0 Å². The van der Waals surface area contributed by atoms with E-state index in [2.05, 4.69) is 5.32 Å². The minimum absolute atomic E-state index is 0.138. The first kappa shape index (κ1) is 18.0. The fourth-order valence-electron chi connectivity index (χ4n) is 2.91. The summed E-state index contributed by atoms with van der Waals surface area (Å²) < 4.78 is 25.0. The number of carbonyl (C=O) groups is 1. The molecule has 0 saturated carbocycles. The maximum absolute atomic E-state index is 13.6. The van der Waals surface area contributed by atoms with Crippen LogP contribution in [0, 0.1) is 5.82 Å². The molecule has 0 aromatic heterocycles. The molecule has 5 heteroatoms. The lowest BCUT2D eigenvalue weighted by Gasteiger charge is -2.10. The van der Waals surface area contributed by atoms with Gasteiger partial charge in [-0.25, -0.2) is 4.39 Å². The summed E-state index contributed by atoms with van der Waals surface area (Å²) in [5, 5.41) is 2.68. The molecule has 136 valence electrons. The predicted molar refractivity (Wildman–Crippen MR) is 98.7 cm³/mol. The molecular weight excluding hydrogens is 333 g/mol. The largest absolute Gasteiger partial charge is 0.493 e. The van der Waals surface area contributed by atoms with Gasteiger partial charge in [0, 0.05) is 35.7 Å².